The number of aldehydes is 1. The Bertz CT molecular complexity index is 3550. The largest absolute Gasteiger partial charge is 0.479 e. The summed E-state index contributed by atoms with van der Waals surface area (Å²) in [5, 5.41) is 236. The number of carboxylic acids is 1. The minimum Gasteiger partial charge on any atom is -0.479 e. The number of carboxylic acid groups (broad SMARTS) is 1. The molecule has 1 amide bonds. The average Bonchev–Trinajstić information content (AvgIpc) is 1.42. The van der Waals surface area contributed by atoms with Crippen LogP contribution in [0.4, 0.5) is 0 Å². The molecule has 119 heavy (non-hydrogen) atoms. The van der Waals surface area contributed by atoms with Gasteiger partial charge in [0.05, 0.1) is 75.5 Å². The summed E-state index contributed by atoms with van der Waals surface area (Å²) in [6.45, 7) is 9.54. The Balaban J connectivity index is 0.767. The third-order valence-electron chi connectivity index (χ3n) is 29.1. The Morgan fingerprint density at radius 3 is 1.79 bits per heavy atom. The molecule has 8 saturated heterocycles. The minimum absolute atomic E-state index is 0.0152. The number of esters is 1. The van der Waals surface area contributed by atoms with Gasteiger partial charge in [-0.05, 0) is 111 Å². The summed E-state index contributed by atoms with van der Waals surface area (Å²) in [4.78, 5) is 57.5. The van der Waals surface area contributed by atoms with Crippen molar-refractivity contribution in [2.45, 2.75) is 346 Å². The van der Waals surface area contributed by atoms with Crippen molar-refractivity contribution in [3.8, 4) is 0 Å². The highest BCUT2D eigenvalue weighted by Gasteiger charge is 2.74. The molecule has 5 aliphatic carbocycles. The number of ether oxygens (including phenoxy) is 16. The molecule has 20 unspecified atom stereocenters. The van der Waals surface area contributed by atoms with E-state index in [0.717, 1.165) is 11.9 Å². The number of allylic oxidation sites excluding steroid dienone is 2. The van der Waals surface area contributed by atoms with E-state index >= 15 is 4.79 Å². The molecule has 0 aromatic heterocycles. The molecule has 4 saturated carbocycles. The lowest BCUT2D eigenvalue weighted by molar-refractivity contribution is -0.391. The van der Waals surface area contributed by atoms with Gasteiger partial charge in [0.15, 0.2) is 56.2 Å². The van der Waals surface area contributed by atoms with Crippen LogP contribution in [-0.4, -0.2) is 404 Å². The maximum atomic E-state index is 16.2. The third kappa shape index (κ3) is 16.5. The highest BCUT2D eigenvalue weighted by atomic mass is 16.8. The summed E-state index contributed by atoms with van der Waals surface area (Å²) in [6, 6.07) is -1.71. The van der Waals surface area contributed by atoms with E-state index < -0.39 is 335 Å². The first kappa shape index (κ1) is 93.1. The predicted octanol–water partition coefficient (Wildman–Crippen LogP) is -8.38. The molecule has 680 valence electrons. The van der Waals surface area contributed by atoms with Crippen LogP contribution in [0.2, 0.25) is 0 Å². The number of hydrogen-bond acceptors (Lipinski definition) is 40. The quantitative estimate of drug-likeness (QED) is 0.0185. The van der Waals surface area contributed by atoms with E-state index in [1.165, 1.54) is 6.92 Å². The Kier molecular flexibility index (Phi) is 27.8. The molecule has 8 heterocycles. The van der Waals surface area contributed by atoms with Crippen LogP contribution in [0.1, 0.15) is 120 Å². The van der Waals surface area contributed by atoms with E-state index in [4.69, 9.17) is 75.8 Å². The molecule has 12 fully saturated rings. The molecule has 0 aromatic carbocycles. The lowest BCUT2D eigenvalue weighted by atomic mass is 9.33. The molecule has 0 aromatic rings. The fraction of sp³-hybridized carbons (Fsp3) is 0.922. The van der Waals surface area contributed by atoms with Crippen LogP contribution in [0.5, 0.6) is 0 Å². The molecule has 13 aliphatic rings. The van der Waals surface area contributed by atoms with Crippen molar-refractivity contribution in [3.63, 3.8) is 0 Å². The second-order valence-corrected chi connectivity index (χ2v) is 36.6. The second-order valence-electron chi connectivity index (χ2n) is 36.6. The molecule has 13 rings (SSSR count). The van der Waals surface area contributed by atoms with E-state index in [-0.39, 0.29) is 31.6 Å². The molecular weight excluding hydrogens is 1590 g/mol. The number of rotatable bonds is 24. The van der Waals surface area contributed by atoms with Crippen molar-refractivity contribution >= 4 is 24.1 Å². The summed E-state index contributed by atoms with van der Waals surface area (Å²) in [5.74, 6) is -5.45. The molecular formula is C77H121NO41. The van der Waals surface area contributed by atoms with Gasteiger partial charge >= 0.3 is 11.9 Å². The van der Waals surface area contributed by atoms with Crippen LogP contribution in [0, 0.1) is 50.2 Å². The summed E-state index contributed by atoms with van der Waals surface area (Å²) in [7, 11) is 0. The molecule has 0 spiro atoms. The first-order valence-corrected chi connectivity index (χ1v) is 41.0. The average molecular weight is 1720 g/mol. The number of nitrogens with one attached hydrogen (secondary N) is 1. The Hall–Kier alpha value is -3.58. The number of aliphatic carboxylic acids is 1. The predicted molar refractivity (Wildman–Crippen MR) is 386 cm³/mol. The van der Waals surface area contributed by atoms with Crippen LogP contribution < -0.4 is 5.32 Å². The standard InChI is InChI=1S/C77H121NO41/c1-9-33-43(88)49(94)62(109-33)106-24-40(86)78-41-34(20-79)110-67(58(45(41)90)117-65-51(96)47(92)54(28(2)108-65)113-64-53(98)55(32(84)23-105-64)114-69-60(99)76(103,26-82)27-107-69)119-70(102)77-17-16-71(3,4)18-30(77)29-10-11-37-72(5)14-13-39(73(6,25-81)36(72)12-15-74(37,7)75(29,8)19-38(77)85)112-68-59(118-66-50(95)46(91)44(89)35(21-80)111-66)56(52(97)57(116-68)61(100)101)115-63-48(93)42(87)31(83)22-104-63/h10,25,28,30-39,41-60,62-69,79-80,82-85,87-99,103H,9,11-24,26-27H2,1-8H3,(H,78,86)(H,100,101)/t28?,30?,31-,32-,33+,34?,35?,36-,37?,38?,39+,41+,42+,43?,44+,45?,46+,47?,48?,49?,50?,51?,52+,53?,54+,55?,56+,57?,58?,59?,60?,62-,63+,64+,65+,66+,67+,68-,69+,72?,73-,74+,75-,76+,77-/m1/s1. The summed E-state index contributed by atoms with van der Waals surface area (Å²) < 4.78 is 95.4. The van der Waals surface area contributed by atoms with Crippen LogP contribution in [-0.2, 0) is 95.0 Å². The van der Waals surface area contributed by atoms with Crippen LogP contribution >= 0.6 is 0 Å². The van der Waals surface area contributed by atoms with Gasteiger partial charge in [-0.3, -0.25) is 9.59 Å². The maximum Gasteiger partial charge on any atom is 0.335 e. The molecule has 22 N–H and O–H groups in total. The van der Waals surface area contributed by atoms with Crippen LogP contribution in [0.25, 0.3) is 0 Å². The molecule has 0 radical (unpaired) electrons. The fourth-order valence-electron chi connectivity index (χ4n) is 21.8. The topological polar surface area (TPSA) is 653 Å². The van der Waals surface area contributed by atoms with Crippen molar-refractivity contribution < 1.29 is 202 Å². The second kappa shape index (κ2) is 35.6. The Morgan fingerprint density at radius 1 is 0.546 bits per heavy atom. The highest BCUT2D eigenvalue weighted by molar-refractivity contribution is 5.80. The smallest absolute Gasteiger partial charge is 0.335 e. The summed E-state index contributed by atoms with van der Waals surface area (Å²) in [5.41, 5.74) is -7.59. The van der Waals surface area contributed by atoms with Gasteiger partial charge in [0.25, 0.3) is 0 Å². The first-order valence-electron chi connectivity index (χ1n) is 41.0. The van der Waals surface area contributed by atoms with Crippen molar-refractivity contribution in [3.05, 3.63) is 11.6 Å². The van der Waals surface area contributed by atoms with Crippen molar-refractivity contribution in [2.24, 2.45) is 50.2 Å². The highest BCUT2D eigenvalue weighted by Crippen LogP contribution is 2.76. The molecule has 42 heteroatoms. The summed E-state index contributed by atoms with van der Waals surface area (Å²) in [6.07, 6.45) is -58.0. The van der Waals surface area contributed by atoms with Gasteiger partial charge in [-0.2, -0.15) is 0 Å². The zero-order chi connectivity index (χ0) is 86.8. The van der Waals surface area contributed by atoms with Gasteiger partial charge in [-0.1, -0.05) is 60.1 Å². The number of carbonyl (C=O) groups is 4. The molecule has 8 aliphatic heterocycles. The van der Waals surface area contributed by atoms with Gasteiger partial charge < -0.3 is 193 Å². The van der Waals surface area contributed by atoms with E-state index in [0.29, 0.717) is 38.5 Å². The van der Waals surface area contributed by atoms with Crippen molar-refractivity contribution in [1.29, 1.82) is 0 Å². The van der Waals surface area contributed by atoms with E-state index in [1.54, 1.807) is 13.8 Å². The van der Waals surface area contributed by atoms with Gasteiger partial charge in [-0.15, -0.1) is 0 Å². The number of aliphatic hydroxyl groups is 20. The number of fused-ring (bicyclic) bond motifs is 7. The first-order chi connectivity index (χ1) is 56.0. The molecule has 0 bridgehead atoms. The number of carbonyl (C=O) groups excluding carboxylic acids is 3. The lowest BCUT2D eigenvalue weighted by Crippen LogP contribution is -2.70. The Morgan fingerprint density at radius 2 is 1.14 bits per heavy atom. The van der Waals surface area contributed by atoms with E-state index in [9.17, 15) is 122 Å². The number of amides is 1. The zero-order valence-corrected chi connectivity index (χ0v) is 67.2. The molecule has 45 atom stereocenters. The van der Waals surface area contributed by atoms with Crippen LogP contribution in [0.3, 0.4) is 0 Å². The van der Waals surface area contributed by atoms with Gasteiger partial charge in [0.1, 0.15) is 152 Å². The monoisotopic (exact) mass is 1720 g/mol. The van der Waals surface area contributed by atoms with Crippen molar-refractivity contribution in [2.75, 3.05) is 46.2 Å². The van der Waals surface area contributed by atoms with Crippen molar-refractivity contribution in [1.82, 2.24) is 5.32 Å². The van der Waals surface area contributed by atoms with Gasteiger partial charge in [-0.25, -0.2) is 4.79 Å². The number of aliphatic hydroxyl groups excluding tert-OH is 19. The lowest BCUT2D eigenvalue weighted by Gasteiger charge is -2.71. The van der Waals surface area contributed by atoms with Gasteiger partial charge in [0, 0.05) is 0 Å². The van der Waals surface area contributed by atoms with E-state index in [2.05, 4.69) is 25.2 Å². The Labute approximate surface area is 683 Å². The van der Waals surface area contributed by atoms with Crippen LogP contribution in [0.15, 0.2) is 11.6 Å². The fourth-order valence-corrected chi connectivity index (χ4v) is 21.8. The normalized spacial score (nSPS) is 53.0. The molecule has 42 nitrogen and oxygen atoms in total. The van der Waals surface area contributed by atoms with E-state index in [1.807, 2.05) is 20.8 Å². The number of hydrogen-bond donors (Lipinski definition) is 22. The third-order valence-corrected chi connectivity index (χ3v) is 29.1. The van der Waals surface area contributed by atoms with Gasteiger partial charge in [0.2, 0.25) is 12.2 Å². The zero-order valence-electron chi connectivity index (χ0n) is 67.2. The SMILES string of the molecule is CC[C@@H]1O[C@@H](OCC(=O)N[C@H]2C(CO)O[C@@H](OC(=O)[C@]34CCC(C)(C)CC3C3=CCC5C6(C)CC[C@H](O[C@@H]7OC(C(=O)O)[C@@H](O)[C@H](O[C@@H]8OC[C@@H](O)[C@H](O)C8O)C7O[C@@H]7OC(CO)[C@H](O)[C@H](O)C7O)[C@](C)(C=O)[C@@H]6CC[C@]5(C)[C@]3(C)CC4O)C(O[C@@H]3OC(C)[C@H](O[C@@H]4OC[C@@H](O)C(O[C@@H]5OC[C@@](O)(CO)C5O)C4O)C(O)C3O)C2O)C(O)C1O. The minimum atomic E-state index is -2.25. The summed E-state index contributed by atoms with van der Waals surface area (Å²) >= 11 is 0. The maximum absolute atomic E-state index is 16.2.